The summed E-state index contributed by atoms with van der Waals surface area (Å²) in [4.78, 5) is 33.2. The number of nitrogens with one attached hydrogen (secondary N) is 1. The van der Waals surface area contributed by atoms with Gasteiger partial charge in [-0.3, -0.25) is 19.5 Å². The van der Waals surface area contributed by atoms with E-state index in [1.807, 2.05) is 29.3 Å². The minimum Gasteiger partial charge on any atom is -0.345 e. The lowest BCUT2D eigenvalue weighted by Crippen LogP contribution is -2.53. The summed E-state index contributed by atoms with van der Waals surface area (Å²) in [7, 11) is 0. The van der Waals surface area contributed by atoms with Crippen LogP contribution in [0.3, 0.4) is 0 Å². The van der Waals surface area contributed by atoms with Gasteiger partial charge in [0, 0.05) is 51.5 Å². The minimum absolute atomic E-state index is 0.00460. The summed E-state index contributed by atoms with van der Waals surface area (Å²) in [5.41, 5.74) is 2.41. The zero-order valence-electron chi connectivity index (χ0n) is 17.1. The van der Waals surface area contributed by atoms with Gasteiger partial charge in [-0.05, 0) is 37.0 Å². The van der Waals surface area contributed by atoms with Crippen molar-refractivity contribution >= 4 is 11.8 Å². The van der Waals surface area contributed by atoms with Gasteiger partial charge in [0.15, 0.2) is 0 Å². The normalized spacial score (nSPS) is 15.7. The zero-order valence-corrected chi connectivity index (χ0v) is 17.1. The molecule has 6 nitrogen and oxygen atoms in total. The standard InChI is InChI=1S/C23H30N4O2/c1-19(25-22(28)11-5-9-20-10-6-12-24-17-20)23(29)27-15-13-26(14-16-27)18-21-7-3-2-4-8-21/h2-4,6-8,10,12,17,19H,5,9,11,13-16,18H2,1H3,(H,25,28). The van der Waals surface area contributed by atoms with E-state index in [9.17, 15) is 9.59 Å². The third kappa shape index (κ3) is 6.68. The summed E-state index contributed by atoms with van der Waals surface area (Å²) < 4.78 is 0. The van der Waals surface area contributed by atoms with E-state index in [2.05, 4.69) is 39.5 Å². The molecule has 2 heterocycles. The molecule has 1 fully saturated rings. The van der Waals surface area contributed by atoms with Gasteiger partial charge in [0.05, 0.1) is 0 Å². The molecule has 0 radical (unpaired) electrons. The number of hydrogen-bond donors (Lipinski definition) is 1. The van der Waals surface area contributed by atoms with Crippen LogP contribution in [-0.2, 0) is 22.6 Å². The summed E-state index contributed by atoms with van der Waals surface area (Å²) in [5.74, 6) is -0.0672. The molecule has 1 aromatic carbocycles. The van der Waals surface area contributed by atoms with E-state index in [4.69, 9.17) is 0 Å². The second-order valence-corrected chi connectivity index (χ2v) is 7.59. The monoisotopic (exact) mass is 394 g/mol. The number of nitrogens with zero attached hydrogens (tertiary/aromatic N) is 3. The first-order valence-corrected chi connectivity index (χ1v) is 10.3. The van der Waals surface area contributed by atoms with Gasteiger partial charge in [-0.2, -0.15) is 0 Å². The molecule has 0 saturated carbocycles. The van der Waals surface area contributed by atoms with E-state index in [1.54, 1.807) is 13.1 Å². The number of aryl methyl sites for hydroxylation is 1. The van der Waals surface area contributed by atoms with Crippen molar-refractivity contribution in [3.63, 3.8) is 0 Å². The van der Waals surface area contributed by atoms with Crippen LogP contribution in [0.25, 0.3) is 0 Å². The second kappa shape index (κ2) is 10.7. The van der Waals surface area contributed by atoms with Gasteiger partial charge in [0.2, 0.25) is 11.8 Å². The lowest BCUT2D eigenvalue weighted by atomic mass is 10.1. The molecule has 1 saturated heterocycles. The van der Waals surface area contributed by atoms with Crippen molar-refractivity contribution in [3.05, 3.63) is 66.0 Å². The fraction of sp³-hybridized carbons (Fsp3) is 0.435. The first-order valence-electron chi connectivity index (χ1n) is 10.3. The highest BCUT2D eigenvalue weighted by molar-refractivity contribution is 5.87. The van der Waals surface area contributed by atoms with E-state index in [0.717, 1.165) is 38.0 Å². The predicted molar refractivity (Wildman–Crippen MR) is 113 cm³/mol. The number of rotatable bonds is 8. The van der Waals surface area contributed by atoms with E-state index in [0.29, 0.717) is 19.5 Å². The zero-order chi connectivity index (χ0) is 20.5. The molecule has 1 aliphatic heterocycles. The summed E-state index contributed by atoms with van der Waals surface area (Å²) in [6.45, 7) is 5.79. The lowest BCUT2D eigenvalue weighted by Gasteiger charge is -2.36. The molecule has 6 heteroatoms. The smallest absolute Gasteiger partial charge is 0.244 e. The average Bonchev–Trinajstić information content (AvgIpc) is 2.75. The van der Waals surface area contributed by atoms with Gasteiger partial charge in [-0.1, -0.05) is 36.4 Å². The SMILES string of the molecule is CC(NC(=O)CCCc1cccnc1)C(=O)N1CCN(Cc2ccccc2)CC1. The van der Waals surface area contributed by atoms with Crippen molar-refractivity contribution in [2.24, 2.45) is 0 Å². The topological polar surface area (TPSA) is 65.5 Å². The number of pyridine rings is 1. The molecule has 29 heavy (non-hydrogen) atoms. The average molecular weight is 395 g/mol. The van der Waals surface area contributed by atoms with Crippen molar-refractivity contribution in [2.45, 2.75) is 38.8 Å². The van der Waals surface area contributed by atoms with Crippen LogP contribution in [0, 0.1) is 0 Å². The highest BCUT2D eigenvalue weighted by Gasteiger charge is 2.25. The number of carbonyl (C=O) groups excluding carboxylic acids is 2. The number of benzene rings is 1. The van der Waals surface area contributed by atoms with Crippen LogP contribution in [0.5, 0.6) is 0 Å². The Kier molecular flexibility index (Phi) is 7.76. The van der Waals surface area contributed by atoms with Crippen LogP contribution in [0.4, 0.5) is 0 Å². The molecule has 3 rings (SSSR count). The number of carbonyl (C=O) groups is 2. The number of aromatic nitrogens is 1. The number of piperazine rings is 1. The molecule has 1 aliphatic rings. The molecule has 1 unspecified atom stereocenters. The van der Waals surface area contributed by atoms with Crippen LogP contribution in [0.2, 0.25) is 0 Å². The molecule has 1 atom stereocenters. The molecule has 0 spiro atoms. The summed E-state index contributed by atoms with van der Waals surface area (Å²) in [6.07, 6.45) is 5.54. The lowest BCUT2D eigenvalue weighted by molar-refractivity contribution is -0.137. The highest BCUT2D eigenvalue weighted by Crippen LogP contribution is 2.10. The first kappa shape index (κ1) is 21.0. The van der Waals surface area contributed by atoms with Crippen molar-refractivity contribution in [2.75, 3.05) is 26.2 Å². The fourth-order valence-corrected chi connectivity index (χ4v) is 3.62. The van der Waals surface area contributed by atoms with Crippen LogP contribution in [-0.4, -0.2) is 58.8 Å². The van der Waals surface area contributed by atoms with E-state index >= 15 is 0 Å². The second-order valence-electron chi connectivity index (χ2n) is 7.59. The molecular weight excluding hydrogens is 364 g/mol. The molecule has 154 valence electrons. The Labute approximate surface area is 172 Å². The van der Waals surface area contributed by atoms with Gasteiger partial charge in [0.25, 0.3) is 0 Å². The Morgan fingerprint density at radius 2 is 1.76 bits per heavy atom. The Hall–Kier alpha value is -2.73. The van der Waals surface area contributed by atoms with Crippen LogP contribution in [0.15, 0.2) is 54.9 Å². The predicted octanol–water partition coefficient (Wildman–Crippen LogP) is 2.25. The largest absolute Gasteiger partial charge is 0.345 e. The minimum atomic E-state index is -0.485. The van der Waals surface area contributed by atoms with Crippen molar-refractivity contribution in [3.8, 4) is 0 Å². The maximum absolute atomic E-state index is 12.7. The van der Waals surface area contributed by atoms with Crippen LogP contribution in [0.1, 0.15) is 30.9 Å². The van der Waals surface area contributed by atoms with Gasteiger partial charge in [-0.15, -0.1) is 0 Å². The Balaban J connectivity index is 1.36. The van der Waals surface area contributed by atoms with Gasteiger partial charge >= 0.3 is 0 Å². The third-order valence-electron chi connectivity index (χ3n) is 5.27. The maximum Gasteiger partial charge on any atom is 0.244 e. The molecular formula is C23H30N4O2. The molecule has 1 N–H and O–H groups in total. The van der Waals surface area contributed by atoms with Crippen molar-refractivity contribution in [1.29, 1.82) is 0 Å². The number of amides is 2. The highest BCUT2D eigenvalue weighted by atomic mass is 16.2. The summed E-state index contributed by atoms with van der Waals surface area (Å²) >= 11 is 0. The van der Waals surface area contributed by atoms with Gasteiger partial charge < -0.3 is 10.2 Å². The Morgan fingerprint density at radius 1 is 1.03 bits per heavy atom. The van der Waals surface area contributed by atoms with E-state index in [-0.39, 0.29) is 11.8 Å². The quantitative estimate of drug-likeness (QED) is 0.746. The van der Waals surface area contributed by atoms with E-state index < -0.39 is 6.04 Å². The summed E-state index contributed by atoms with van der Waals surface area (Å²) in [5, 5.41) is 2.85. The summed E-state index contributed by atoms with van der Waals surface area (Å²) in [6, 6.07) is 13.8. The first-order chi connectivity index (χ1) is 14.1. The van der Waals surface area contributed by atoms with Crippen molar-refractivity contribution < 1.29 is 9.59 Å². The Morgan fingerprint density at radius 3 is 2.45 bits per heavy atom. The third-order valence-corrected chi connectivity index (χ3v) is 5.27. The van der Waals surface area contributed by atoms with Crippen molar-refractivity contribution in [1.82, 2.24) is 20.1 Å². The molecule has 0 bridgehead atoms. The van der Waals surface area contributed by atoms with E-state index in [1.165, 1.54) is 5.56 Å². The van der Waals surface area contributed by atoms with Crippen LogP contribution >= 0.6 is 0 Å². The fourth-order valence-electron chi connectivity index (χ4n) is 3.62. The Bertz CT molecular complexity index is 774. The van der Waals surface area contributed by atoms with Gasteiger partial charge in [-0.25, -0.2) is 0 Å². The molecule has 2 aromatic rings. The number of hydrogen-bond acceptors (Lipinski definition) is 4. The molecule has 0 aliphatic carbocycles. The van der Waals surface area contributed by atoms with Gasteiger partial charge in [0.1, 0.15) is 6.04 Å². The van der Waals surface area contributed by atoms with Crippen LogP contribution < -0.4 is 5.32 Å². The molecule has 1 aromatic heterocycles. The maximum atomic E-state index is 12.7. The molecule has 2 amide bonds.